The first-order valence-corrected chi connectivity index (χ1v) is 4.79. The van der Waals surface area contributed by atoms with E-state index in [1.54, 1.807) is 13.8 Å². The Kier molecular flexibility index (Phi) is 3.59. The molecule has 3 nitrogen and oxygen atoms in total. The zero-order valence-corrected chi connectivity index (χ0v) is 9.13. The summed E-state index contributed by atoms with van der Waals surface area (Å²) in [4.78, 5) is 11.5. The average molecular weight is 228 g/mol. The van der Waals surface area contributed by atoms with E-state index in [1.807, 2.05) is 0 Å². The molecule has 1 aromatic rings. The van der Waals surface area contributed by atoms with Gasteiger partial charge in [-0.3, -0.25) is 4.79 Å². The molecule has 0 saturated carbocycles. The topological polar surface area (TPSA) is 55.1 Å². The number of rotatable bonds is 3. The Morgan fingerprint density at radius 3 is 2.56 bits per heavy atom. The number of amides is 1. The van der Waals surface area contributed by atoms with Crippen LogP contribution in [-0.2, 0) is 4.79 Å². The maximum absolute atomic E-state index is 12.4. The van der Waals surface area contributed by atoms with E-state index in [0.717, 1.165) is 0 Å². The molecule has 0 aliphatic heterocycles. The second kappa shape index (κ2) is 4.57. The highest BCUT2D eigenvalue weighted by atomic mass is 19.3. The van der Waals surface area contributed by atoms with Crippen LogP contribution >= 0.6 is 0 Å². The highest BCUT2D eigenvalue weighted by molar-refractivity contribution is 5.97. The molecule has 0 aliphatic carbocycles. The van der Waals surface area contributed by atoms with E-state index in [9.17, 15) is 13.6 Å². The van der Waals surface area contributed by atoms with Gasteiger partial charge in [0.1, 0.15) is 0 Å². The van der Waals surface area contributed by atoms with Gasteiger partial charge >= 0.3 is 0 Å². The zero-order chi connectivity index (χ0) is 12.3. The third-order valence-electron chi connectivity index (χ3n) is 1.98. The molecule has 1 aromatic carbocycles. The van der Waals surface area contributed by atoms with Crippen molar-refractivity contribution in [1.82, 2.24) is 0 Å². The first-order chi connectivity index (χ1) is 7.30. The average Bonchev–Trinajstić information content (AvgIpc) is 2.16. The Labute approximate surface area is 92.6 Å². The van der Waals surface area contributed by atoms with E-state index < -0.39 is 17.9 Å². The minimum atomic E-state index is -2.55. The van der Waals surface area contributed by atoms with Gasteiger partial charge in [0.2, 0.25) is 5.91 Å². The van der Waals surface area contributed by atoms with Crippen LogP contribution in [0.2, 0.25) is 0 Å². The van der Waals surface area contributed by atoms with Gasteiger partial charge in [-0.05, 0) is 26.0 Å². The molecule has 0 bridgehead atoms. The maximum Gasteiger partial charge on any atom is 0.263 e. The summed E-state index contributed by atoms with van der Waals surface area (Å²) < 4.78 is 24.8. The Balaban J connectivity index is 2.83. The Morgan fingerprint density at radius 1 is 1.44 bits per heavy atom. The summed E-state index contributed by atoms with van der Waals surface area (Å²) in [6, 6.07) is 5.53. The van der Waals surface area contributed by atoms with E-state index >= 15 is 0 Å². The summed E-state index contributed by atoms with van der Waals surface area (Å²) in [6.07, 6.45) is -2.55. The number of benzene rings is 1. The number of hydrogen-bond donors (Lipinski definition) is 2. The maximum atomic E-state index is 12.4. The molecule has 0 radical (unpaired) electrons. The molecular weight excluding hydrogens is 214 g/mol. The molecule has 88 valence electrons. The van der Waals surface area contributed by atoms with Crippen molar-refractivity contribution >= 4 is 11.6 Å². The number of halogens is 2. The summed E-state index contributed by atoms with van der Waals surface area (Å²) >= 11 is 0. The fourth-order valence-electron chi connectivity index (χ4n) is 1.04. The third kappa shape index (κ3) is 3.27. The minimum absolute atomic E-state index is 0.132. The molecule has 0 heterocycles. The van der Waals surface area contributed by atoms with Crippen molar-refractivity contribution in [1.29, 1.82) is 0 Å². The van der Waals surface area contributed by atoms with Crippen LogP contribution in [0.3, 0.4) is 0 Å². The van der Waals surface area contributed by atoms with Crippen LogP contribution in [0.4, 0.5) is 14.5 Å². The highest BCUT2D eigenvalue weighted by Gasteiger charge is 2.21. The van der Waals surface area contributed by atoms with Gasteiger partial charge in [0.15, 0.2) is 0 Å². The monoisotopic (exact) mass is 228 g/mol. The van der Waals surface area contributed by atoms with Crippen LogP contribution in [0.1, 0.15) is 25.8 Å². The number of anilines is 1. The molecule has 0 aliphatic rings. The van der Waals surface area contributed by atoms with Gasteiger partial charge in [-0.15, -0.1) is 0 Å². The summed E-state index contributed by atoms with van der Waals surface area (Å²) in [5, 5.41) is 2.48. The largest absolute Gasteiger partial charge is 0.324 e. The summed E-state index contributed by atoms with van der Waals surface area (Å²) in [6.45, 7) is 3.08. The lowest BCUT2D eigenvalue weighted by Gasteiger charge is -2.18. The Bertz CT molecular complexity index is 386. The first-order valence-electron chi connectivity index (χ1n) is 4.79. The lowest BCUT2D eigenvalue weighted by molar-refractivity contribution is -0.120. The lowest BCUT2D eigenvalue weighted by atomic mass is 10.1. The predicted octanol–water partition coefficient (Wildman–Crippen LogP) is 2.30. The number of nitrogens with two attached hydrogens (primary N) is 1. The van der Waals surface area contributed by atoms with E-state index in [-0.39, 0.29) is 5.56 Å². The standard InChI is InChI=1S/C11H14F2N2O/c1-11(2,14)10(16)15-8-5-3-4-7(6-8)9(12)13/h3-6,9H,14H2,1-2H3,(H,15,16). The molecule has 1 amide bonds. The fourth-order valence-corrected chi connectivity index (χ4v) is 1.04. The summed E-state index contributed by atoms with van der Waals surface area (Å²) in [5.41, 5.74) is 4.71. The summed E-state index contributed by atoms with van der Waals surface area (Å²) in [7, 11) is 0. The normalized spacial score (nSPS) is 11.6. The van der Waals surface area contributed by atoms with E-state index in [0.29, 0.717) is 5.69 Å². The second-order valence-electron chi connectivity index (χ2n) is 4.10. The van der Waals surface area contributed by atoms with Crippen LogP contribution in [0.15, 0.2) is 24.3 Å². The highest BCUT2D eigenvalue weighted by Crippen LogP contribution is 2.21. The van der Waals surface area contributed by atoms with Crippen LogP contribution in [0.25, 0.3) is 0 Å². The Hall–Kier alpha value is -1.49. The van der Waals surface area contributed by atoms with Gasteiger partial charge in [0, 0.05) is 11.3 Å². The third-order valence-corrected chi connectivity index (χ3v) is 1.98. The van der Waals surface area contributed by atoms with E-state index in [2.05, 4.69) is 5.32 Å². The van der Waals surface area contributed by atoms with Gasteiger partial charge in [-0.2, -0.15) is 0 Å². The molecule has 0 spiro atoms. The molecule has 0 atom stereocenters. The second-order valence-corrected chi connectivity index (χ2v) is 4.10. The van der Waals surface area contributed by atoms with Crippen LogP contribution in [0, 0.1) is 0 Å². The first kappa shape index (κ1) is 12.6. The van der Waals surface area contributed by atoms with Crippen molar-refractivity contribution in [2.45, 2.75) is 25.8 Å². The lowest BCUT2D eigenvalue weighted by Crippen LogP contribution is -2.45. The molecule has 0 aromatic heterocycles. The number of alkyl halides is 2. The number of nitrogens with one attached hydrogen (secondary N) is 1. The van der Waals surface area contributed by atoms with Crippen molar-refractivity contribution in [3.05, 3.63) is 29.8 Å². The minimum Gasteiger partial charge on any atom is -0.324 e. The van der Waals surface area contributed by atoms with Crippen molar-refractivity contribution in [2.75, 3.05) is 5.32 Å². The Morgan fingerprint density at radius 2 is 2.06 bits per heavy atom. The van der Waals surface area contributed by atoms with E-state index in [4.69, 9.17) is 5.73 Å². The van der Waals surface area contributed by atoms with Crippen molar-refractivity contribution in [3.8, 4) is 0 Å². The molecule has 3 N–H and O–H groups in total. The van der Waals surface area contributed by atoms with Crippen molar-refractivity contribution in [3.63, 3.8) is 0 Å². The SMILES string of the molecule is CC(C)(N)C(=O)Nc1cccc(C(F)F)c1. The van der Waals surface area contributed by atoms with E-state index in [1.165, 1.54) is 24.3 Å². The molecule has 0 fully saturated rings. The van der Waals surface area contributed by atoms with Crippen molar-refractivity contribution < 1.29 is 13.6 Å². The quantitative estimate of drug-likeness (QED) is 0.834. The van der Waals surface area contributed by atoms with Crippen molar-refractivity contribution in [2.24, 2.45) is 5.73 Å². The van der Waals surface area contributed by atoms with Gasteiger partial charge in [0.05, 0.1) is 5.54 Å². The van der Waals surface area contributed by atoms with Crippen LogP contribution in [-0.4, -0.2) is 11.4 Å². The molecule has 0 unspecified atom stereocenters. The number of carbonyl (C=O) groups is 1. The molecule has 16 heavy (non-hydrogen) atoms. The molecule has 1 rings (SSSR count). The smallest absolute Gasteiger partial charge is 0.263 e. The molecule has 0 saturated heterocycles. The summed E-state index contributed by atoms with van der Waals surface area (Å²) in [5.74, 6) is -0.418. The van der Waals surface area contributed by atoms with Gasteiger partial charge in [0.25, 0.3) is 6.43 Å². The zero-order valence-electron chi connectivity index (χ0n) is 9.13. The van der Waals surface area contributed by atoms with Gasteiger partial charge in [-0.25, -0.2) is 8.78 Å². The predicted molar refractivity (Wildman–Crippen MR) is 58.3 cm³/mol. The van der Waals surface area contributed by atoms with Crippen LogP contribution < -0.4 is 11.1 Å². The number of carbonyl (C=O) groups excluding carboxylic acids is 1. The number of hydrogen-bond acceptors (Lipinski definition) is 2. The van der Waals surface area contributed by atoms with Gasteiger partial charge < -0.3 is 11.1 Å². The van der Waals surface area contributed by atoms with Crippen LogP contribution in [0.5, 0.6) is 0 Å². The fraction of sp³-hybridized carbons (Fsp3) is 0.364. The van der Waals surface area contributed by atoms with Gasteiger partial charge in [-0.1, -0.05) is 12.1 Å². The molecule has 5 heteroatoms. The molecular formula is C11H14F2N2O.